The summed E-state index contributed by atoms with van der Waals surface area (Å²) < 4.78 is 13.6. The number of halogens is 1. The summed E-state index contributed by atoms with van der Waals surface area (Å²) in [5, 5.41) is 8.79. The Labute approximate surface area is 122 Å². The molecule has 0 aliphatic rings. The molecule has 0 amide bonds. The van der Waals surface area contributed by atoms with Gasteiger partial charge in [0, 0.05) is 31.4 Å². The number of benzene rings is 1. The molecule has 1 aromatic heterocycles. The molecule has 0 aliphatic carbocycles. The van der Waals surface area contributed by atoms with E-state index in [1.807, 2.05) is 30.1 Å². The van der Waals surface area contributed by atoms with E-state index in [9.17, 15) is 9.18 Å². The summed E-state index contributed by atoms with van der Waals surface area (Å²) >= 11 is 0. The van der Waals surface area contributed by atoms with E-state index < -0.39 is 11.8 Å². The molecule has 0 bridgehead atoms. The first kappa shape index (κ1) is 15.1. The SMILES string of the molecule is CN(CCc1ccccn1)Cc1ccc(C(=O)O)c(F)c1. The van der Waals surface area contributed by atoms with Crippen LogP contribution in [0.4, 0.5) is 4.39 Å². The number of hydrogen-bond acceptors (Lipinski definition) is 3. The van der Waals surface area contributed by atoms with Crippen LogP contribution in [0.15, 0.2) is 42.6 Å². The van der Waals surface area contributed by atoms with Crippen molar-refractivity contribution in [3.8, 4) is 0 Å². The van der Waals surface area contributed by atoms with Gasteiger partial charge < -0.3 is 10.0 Å². The van der Waals surface area contributed by atoms with E-state index in [0.29, 0.717) is 6.54 Å². The zero-order chi connectivity index (χ0) is 15.2. The van der Waals surface area contributed by atoms with Crippen molar-refractivity contribution in [1.82, 2.24) is 9.88 Å². The standard InChI is InChI=1S/C16H17FN2O2/c1-19(9-7-13-4-2-3-8-18-13)11-12-5-6-14(16(20)21)15(17)10-12/h2-6,8,10H,7,9,11H2,1H3,(H,20,21). The first-order valence-electron chi connectivity index (χ1n) is 6.66. The van der Waals surface area contributed by atoms with Crippen molar-refractivity contribution in [2.45, 2.75) is 13.0 Å². The molecule has 4 nitrogen and oxygen atoms in total. The molecule has 0 fully saturated rings. The summed E-state index contributed by atoms with van der Waals surface area (Å²) in [5.74, 6) is -1.94. The molecule has 0 atom stereocenters. The molecule has 0 saturated heterocycles. The van der Waals surface area contributed by atoms with Crippen molar-refractivity contribution < 1.29 is 14.3 Å². The van der Waals surface area contributed by atoms with Crippen LogP contribution in [-0.2, 0) is 13.0 Å². The van der Waals surface area contributed by atoms with Crippen LogP contribution in [0.3, 0.4) is 0 Å². The zero-order valence-corrected chi connectivity index (χ0v) is 11.8. The van der Waals surface area contributed by atoms with Crippen molar-refractivity contribution >= 4 is 5.97 Å². The van der Waals surface area contributed by atoms with Crippen LogP contribution < -0.4 is 0 Å². The molecule has 0 spiro atoms. The second kappa shape index (κ2) is 6.95. The lowest BCUT2D eigenvalue weighted by Crippen LogP contribution is -2.21. The lowest BCUT2D eigenvalue weighted by Gasteiger charge is -2.16. The predicted molar refractivity (Wildman–Crippen MR) is 77.6 cm³/mol. The maximum absolute atomic E-state index is 13.6. The number of nitrogens with zero attached hydrogens (tertiary/aromatic N) is 2. The molecular weight excluding hydrogens is 271 g/mol. The number of likely N-dealkylation sites (N-methyl/N-ethyl adjacent to an activating group) is 1. The number of aromatic nitrogens is 1. The number of hydrogen-bond donors (Lipinski definition) is 1. The Morgan fingerprint density at radius 3 is 2.76 bits per heavy atom. The van der Waals surface area contributed by atoms with Gasteiger partial charge in [0.1, 0.15) is 5.82 Å². The highest BCUT2D eigenvalue weighted by Gasteiger charge is 2.11. The summed E-state index contributed by atoms with van der Waals surface area (Å²) in [7, 11) is 1.94. The minimum absolute atomic E-state index is 0.296. The van der Waals surface area contributed by atoms with Crippen molar-refractivity contribution in [2.24, 2.45) is 0 Å². The topological polar surface area (TPSA) is 53.4 Å². The van der Waals surface area contributed by atoms with E-state index in [1.54, 1.807) is 12.3 Å². The third-order valence-corrected chi connectivity index (χ3v) is 3.19. The molecule has 21 heavy (non-hydrogen) atoms. The molecule has 1 N–H and O–H groups in total. The maximum Gasteiger partial charge on any atom is 0.338 e. The molecule has 2 rings (SSSR count). The summed E-state index contributed by atoms with van der Waals surface area (Å²) in [6.45, 7) is 1.35. The smallest absolute Gasteiger partial charge is 0.338 e. The Morgan fingerprint density at radius 2 is 2.14 bits per heavy atom. The van der Waals surface area contributed by atoms with E-state index in [-0.39, 0.29) is 5.56 Å². The molecule has 0 saturated carbocycles. The highest BCUT2D eigenvalue weighted by molar-refractivity contribution is 5.87. The van der Waals surface area contributed by atoms with Crippen molar-refractivity contribution in [1.29, 1.82) is 0 Å². The summed E-state index contributed by atoms with van der Waals surface area (Å²) in [6.07, 6.45) is 2.57. The van der Waals surface area contributed by atoms with Gasteiger partial charge in [-0.15, -0.1) is 0 Å². The first-order chi connectivity index (χ1) is 10.1. The minimum atomic E-state index is -1.25. The fourth-order valence-corrected chi connectivity index (χ4v) is 2.07. The van der Waals surface area contributed by atoms with Gasteiger partial charge >= 0.3 is 5.97 Å². The van der Waals surface area contributed by atoms with Crippen molar-refractivity contribution in [3.05, 3.63) is 65.2 Å². The van der Waals surface area contributed by atoms with Crippen LogP contribution >= 0.6 is 0 Å². The Balaban J connectivity index is 1.92. The Bertz CT molecular complexity index is 617. The molecule has 5 heteroatoms. The number of aromatic carboxylic acids is 1. The van der Waals surface area contributed by atoms with Crippen molar-refractivity contribution in [3.63, 3.8) is 0 Å². The third kappa shape index (κ3) is 4.36. The van der Waals surface area contributed by atoms with Crippen LogP contribution in [0.25, 0.3) is 0 Å². The van der Waals surface area contributed by atoms with Gasteiger partial charge in [-0.3, -0.25) is 4.98 Å². The zero-order valence-electron chi connectivity index (χ0n) is 11.8. The van der Waals surface area contributed by atoms with E-state index in [0.717, 1.165) is 24.2 Å². The van der Waals surface area contributed by atoms with E-state index in [4.69, 9.17) is 5.11 Å². The van der Waals surface area contributed by atoms with E-state index in [2.05, 4.69) is 4.98 Å². The normalized spacial score (nSPS) is 10.8. The van der Waals surface area contributed by atoms with Gasteiger partial charge in [-0.05, 0) is 36.9 Å². The fraction of sp³-hybridized carbons (Fsp3) is 0.250. The number of carboxylic acid groups (broad SMARTS) is 1. The van der Waals surface area contributed by atoms with Gasteiger partial charge in [-0.2, -0.15) is 0 Å². The Morgan fingerprint density at radius 1 is 1.33 bits per heavy atom. The van der Waals surface area contributed by atoms with Crippen molar-refractivity contribution in [2.75, 3.05) is 13.6 Å². The monoisotopic (exact) mass is 288 g/mol. The predicted octanol–water partition coefficient (Wildman–Crippen LogP) is 2.59. The largest absolute Gasteiger partial charge is 0.478 e. The van der Waals surface area contributed by atoms with Crippen LogP contribution in [0.5, 0.6) is 0 Å². The second-order valence-electron chi connectivity index (χ2n) is 4.93. The molecule has 1 heterocycles. The Kier molecular flexibility index (Phi) is 5.00. The van der Waals surface area contributed by atoms with Gasteiger partial charge in [0.25, 0.3) is 0 Å². The average molecular weight is 288 g/mol. The summed E-state index contributed by atoms with van der Waals surface area (Å²) in [4.78, 5) is 17.1. The van der Waals surface area contributed by atoms with Crippen LogP contribution in [-0.4, -0.2) is 34.6 Å². The van der Waals surface area contributed by atoms with Gasteiger partial charge in [-0.1, -0.05) is 12.1 Å². The van der Waals surface area contributed by atoms with E-state index in [1.165, 1.54) is 12.1 Å². The number of carbonyl (C=O) groups is 1. The second-order valence-corrected chi connectivity index (χ2v) is 4.93. The molecular formula is C16H17FN2O2. The van der Waals surface area contributed by atoms with Gasteiger partial charge in [0.05, 0.1) is 5.56 Å². The number of pyridine rings is 1. The molecule has 0 radical (unpaired) electrons. The first-order valence-corrected chi connectivity index (χ1v) is 6.66. The van der Waals surface area contributed by atoms with Gasteiger partial charge in [-0.25, -0.2) is 9.18 Å². The van der Waals surface area contributed by atoms with Crippen LogP contribution in [0.1, 0.15) is 21.6 Å². The molecule has 0 unspecified atom stereocenters. The number of carboxylic acids is 1. The summed E-state index contributed by atoms with van der Waals surface area (Å²) in [6, 6.07) is 10.0. The lowest BCUT2D eigenvalue weighted by atomic mass is 10.1. The Hall–Kier alpha value is -2.27. The van der Waals surface area contributed by atoms with Gasteiger partial charge in [0.2, 0.25) is 0 Å². The third-order valence-electron chi connectivity index (χ3n) is 3.19. The van der Waals surface area contributed by atoms with Gasteiger partial charge in [0.15, 0.2) is 0 Å². The molecule has 0 aliphatic heterocycles. The average Bonchev–Trinajstić information content (AvgIpc) is 2.46. The minimum Gasteiger partial charge on any atom is -0.478 e. The molecule has 2 aromatic rings. The lowest BCUT2D eigenvalue weighted by molar-refractivity contribution is 0.0692. The highest BCUT2D eigenvalue weighted by Crippen LogP contribution is 2.12. The van der Waals surface area contributed by atoms with Crippen LogP contribution in [0, 0.1) is 5.82 Å². The quantitative estimate of drug-likeness (QED) is 0.887. The molecule has 1 aromatic carbocycles. The summed E-state index contributed by atoms with van der Waals surface area (Å²) in [5.41, 5.74) is 1.47. The van der Waals surface area contributed by atoms with E-state index >= 15 is 0 Å². The molecule has 110 valence electrons. The maximum atomic E-state index is 13.6. The van der Waals surface area contributed by atoms with Crippen LogP contribution in [0.2, 0.25) is 0 Å². The fourth-order valence-electron chi connectivity index (χ4n) is 2.07. The highest BCUT2D eigenvalue weighted by atomic mass is 19.1. The number of rotatable bonds is 6.